The third-order valence-corrected chi connectivity index (χ3v) is 8.42. The van der Waals surface area contributed by atoms with Crippen LogP contribution < -0.4 is 24.5 Å². The number of ether oxygens (including phenoxy) is 3. The molecule has 0 spiro atoms. The van der Waals surface area contributed by atoms with Gasteiger partial charge in [0.15, 0.2) is 11.5 Å². The quantitative estimate of drug-likeness (QED) is 0.518. The highest BCUT2D eigenvalue weighted by Gasteiger charge is 2.26. The van der Waals surface area contributed by atoms with Crippen LogP contribution in [0, 0.1) is 6.92 Å². The van der Waals surface area contributed by atoms with Crippen molar-refractivity contribution in [2.45, 2.75) is 37.2 Å². The normalized spacial score (nSPS) is 16.8. The van der Waals surface area contributed by atoms with Crippen molar-refractivity contribution in [3.8, 4) is 17.2 Å². The van der Waals surface area contributed by atoms with Gasteiger partial charge in [0.2, 0.25) is 10.0 Å². The van der Waals surface area contributed by atoms with Gasteiger partial charge >= 0.3 is 0 Å². The van der Waals surface area contributed by atoms with Gasteiger partial charge in [0.1, 0.15) is 19.0 Å². The van der Waals surface area contributed by atoms with E-state index in [1.807, 2.05) is 25.1 Å². The number of rotatable bonds is 7. The van der Waals surface area contributed by atoms with E-state index < -0.39 is 10.0 Å². The van der Waals surface area contributed by atoms with E-state index >= 15 is 0 Å². The fourth-order valence-corrected chi connectivity index (χ4v) is 6.20. The van der Waals surface area contributed by atoms with Crippen LogP contribution in [-0.2, 0) is 16.6 Å². The maximum Gasteiger partial charge on any atom is 0.251 e. The second-order valence-electron chi connectivity index (χ2n) is 9.24. The second-order valence-corrected chi connectivity index (χ2v) is 11.0. The summed E-state index contributed by atoms with van der Waals surface area (Å²) in [5.41, 5.74) is 1.77. The van der Waals surface area contributed by atoms with Gasteiger partial charge in [0, 0.05) is 42.7 Å². The lowest BCUT2D eigenvalue weighted by molar-refractivity contribution is 0.171. The lowest BCUT2D eigenvalue weighted by Crippen LogP contribution is -2.45. The van der Waals surface area contributed by atoms with Crippen LogP contribution in [0.1, 0.15) is 18.4 Å². The van der Waals surface area contributed by atoms with Gasteiger partial charge in [-0.05, 0) is 62.7 Å². The molecule has 0 radical (unpaired) electrons. The molecule has 0 unspecified atom stereocenters. The molecule has 1 saturated heterocycles. The lowest BCUT2D eigenvalue weighted by atomic mass is 10.1. The van der Waals surface area contributed by atoms with Crippen molar-refractivity contribution in [2.75, 3.05) is 40.0 Å². The average molecular weight is 514 g/mol. The minimum Gasteiger partial charge on any atom is -0.497 e. The molecule has 2 aliphatic heterocycles. The van der Waals surface area contributed by atoms with Gasteiger partial charge in [-0.1, -0.05) is 0 Å². The van der Waals surface area contributed by atoms with E-state index in [4.69, 9.17) is 14.2 Å². The maximum atomic E-state index is 13.0. The van der Waals surface area contributed by atoms with Gasteiger partial charge in [-0.25, -0.2) is 13.1 Å². The number of pyridine rings is 1. The molecule has 0 aliphatic carbocycles. The number of fused-ring (bicyclic) bond motifs is 2. The van der Waals surface area contributed by atoms with Crippen LogP contribution in [0.25, 0.3) is 10.9 Å². The van der Waals surface area contributed by atoms with Crippen molar-refractivity contribution >= 4 is 20.9 Å². The number of methoxy groups -OCH3 is 1. The first-order chi connectivity index (χ1) is 17.3. The third-order valence-electron chi connectivity index (χ3n) is 6.90. The zero-order valence-corrected chi connectivity index (χ0v) is 21.3. The largest absolute Gasteiger partial charge is 0.497 e. The fourth-order valence-electron chi connectivity index (χ4n) is 4.88. The molecule has 1 fully saturated rings. The zero-order chi connectivity index (χ0) is 25.3. The maximum absolute atomic E-state index is 13.0. The monoisotopic (exact) mass is 513 g/mol. The number of nitrogens with zero attached hydrogens (tertiary/aromatic N) is 2. The van der Waals surface area contributed by atoms with Gasteiger partial charge < -0.3 is 23.7 Å². The third kappa shape index (κ3) is 5.07. The Hall–Kier alpha value is -3.08. The molecule has 192 valence electrons. The van der Waals surface area contributed by atoms with E-state index in [0.29, 0.717) is 56.4 Å². The minimum absolute atomic E-state index is 0.0321. The predicted molar refractivity (Wildman–Crippen MR) is 137 cm³/mol. The molecule has 0 saturated carbocycles. The van der Waals surface area contributed by atoms with Gasteiger partial charge in [-0.15, -0.1) is 0 Å². The molecule has 5 rings (SSSR count). The van der Waals surface area contributed by atoms with Gasteiger partial charge in [-0.3, -0.25) is 4.79 Å². The summed E-state index contributed by atoms with van der Waals surface area (Å²) >= 11 is 0. The molecular formula is C26H31N3O6S. The number of likely N-dealkylation sites (tertiary alicyclic amines) is 1. The standard InChI is InChI=1S/C26H31N3O6S/c1-18-15-26(30)29(23-16-20(33-2)3-5-22(18)23)12-11-28-9-7-19(8-10-28)27-36(31,32)21-4-6-24-25(17-21)35-14-13-34-24/h3-6,15-17,19,27H,7-14H2,1-2H3. The van der Waals surface area contributed by atoms with E-state index in [-0.39, 0.29) is 16.5 Å². The van der Waals surface area contributed by atoms with Crippen molar-refractivity contribution < 1.29 is 22.6 Å². The van der Waals surface area contributed by atoms with Gasteiger partial charge in [-0.2, -0.15) is 0 Å². The van der Waals surface area contributed by atoms with Crippen LogP contribution >= 0.6 is 0 Å². The summed E-state index contributed by atoms with van der Waals surface area (Å²) in [6.45, 7) is 5.55. The number of sulfonamides is 1. The number of hydrogen-bond donors (Lipinski definition) is 1. The summed E-state index contributed by atoms with van der Waals surface area (Å²) in [4.78, 5) is 15.2. The molecule has 1 aromatic heterocycles. The molecule has 0 amide bonds. The van der Waals surface area contributed by atoms with Crippen molar-refractivity contribution in [2.24, 2.45) is 0 Å². The number of benzene rings is 2. The number of aryl methyl sites for hydroxylation is 1. The molecular weight excluding hydrogens is 482 g/mol. The van der Waals surface area contributed by atoms with E-state index in [1.165, 1.54) is 6.07 Å². The fraction of sp³-hybridized carbons (Fsp3) is 0.423. The van der Waals surface area contributed by atoms with Crippen LogP contribution in [-0.4, -0.2) is 63.9 Å². The highest BCUT2D eigenvalue weighted by atomic mass is 32.2. The Bertz CT molecular complexity index is 1430. The van der Waals surface area contributed by atoms with Crippen molar-refractivity contribution in [1.29, 1.82) is 0 Å². The van der Waals surface area contributed by atoms with Crippen LogP contribution in [0.15, 0.2) is 52.2 Å². The number of hydrogen-bond acceptors (Lipinski definition) is 7. The van der Waals surface area contributed by atoms with Gasteiger partial charge in [0.25, 0.3) is 5.56 Å². The van der Waals surface area contributed by atoms with Crippen molar-refractivity contribution in [1.82, 2.24) is 14.2 Å². The molecule has 10 heteroatoms. The van der Waals surface area contributed by atoms with Crippen molar-refractivity contribution in [3.05, 3.63) is 58.4 Å². The highest BCUT2D eigenvalue weighted by Crippen LogP contribution is 2.32. The van der Waals surface area contributed by atoms with E-state index in [0.717, 1.165) is 29.6 Å². The van der Waals surface area contributed by atoms with Crippen molar-refractivity contribution in [3.63, 3.8) is 0 Å². The van der Waals surface area contributed by atoms with Gasteiger partial charge in [0.05, 0.1) is 17.5 Å². The molecule has 0 atom stereocenters. The molecule has 3 heterocycles. The Morgan fingerprint density at radius 2 is 1.75 bits per heavy atom. The second kappa shape index (κ2) is 10.1. The van der Waals surface area contributed by atoms with E-state index in [9.17, 15) is 13.2 Å². The molecule has 36 heavy (non-hydrogen) atoms. The lowest BCUT2D eigenvalue weighted by Gasteiger charge is -2.32. The molecule has 9 nitrogen and oxygen atoms in total. The number of piperidine rings is 1. The molecule has 3 aromatic rings. The SMILES string of the molecule is COc1ccc2c(C)cc(=O)n(CCN3CCC(NS(=O)(=O)c4ccc5c(c4)OCCO5)CC3)c2c1. The van der Waals surface area contributed by atoms with Crippen LogP contribution in [0.3, 0.4) is 0 Å². The highest BCUT2D eigenvalue weighted by molar-refractivity contribution is 7.89. The van der Waals surface area contributed by atoms with Crippen LogP contribution in [0.2, 0.25) is 0 Å². The average Bonchev–Trinajstić information content (AvgIpc) is 2.88. The van der Waals surface area contributed by atoms with Crippen LogP contribution in [0.5, 0.6) is 17.2 Å². The van der Waals surface area contributed by atoms with E-state index in [2.05, 4.69) is 9.62 Å². The Morgan fingerprint density at radius 3 is 2.50 bits per heavy atom. The Morgan fingerprint density at radius 1 is 1.00 bits per heavy atom. The van der Waals surface area contributed by atoms with E-state index in [1.54, 1.807) is 29.9 Å². The molecule has 1 N–H and O–H groups in total. The topological polar surface area (TPSA) is 99.1 Å². The zero-order valence-electron chi connectivity index (χ0n) is 20.5. The smallest absolute Gasteiger partial charge is 0.251 e. The first-order valence-electron chi connectivity index (χ1n) is 12.2. The number of aromatic nitrogens is 1. The van der Waals surface area contributed by atoms with Crippen LogP contribution in [0.4, 0.5) is 0 Å². The molecule has 2 aliphatic rings. The Balaban J connectivity index is 1.21. The molecule has 0 bridgehead atoms. The first-order valence-corrected chi connectivity index (χ1v) is 13.6. The first kappa shape index (κ1) is 24.6. The summed E-state index contributed by atoms with van der Waals surface area (Å²) in [6, 6.07) is 12.0. The summed E-state index contributed by atoms with van der Waals surface area (Å²) in [6.07, 6.45) is 1.39. The summed E-state index contributed by atoms with van der Waals surface area (Å²) in [5.74, 6) is 1.73. The number of nitrogens with one attached hydrogen (secondary N) is 1. The summed E-state index contributed by atoms with van der Waals surface area (Å²) < 4.78 is 46.9. The Labute approximate surface area is 210 Å². The summed E-state index contributed by atoms with van der Waals surface area (Å²) in [7, 11) is -2.05. The predicted octanol–water partition coefficient (Wildman–Crippen LogP) is 2.53. The minimum atomic E-state index is -3.67. The Kier molecular flexibility index (Phi) is 6.92. The molecule has 2 aromatic carbocycles. The summed E-state index contributed by atoms with van der Waals surface area (Å²) in [5, 5.41) is 1.03.